The third-order valence-corrected chi connectivity index (χ3v) is 6.32. The maximum Gasteiger partial charge on any atom is 0.281 e. The molecule has 2 rings (SSSR count). The number of benzene rings is 1. The van der Waals surface area contributed by atoms with Gasteiger partial charge in [-0.1, -0.05) is 12.1 Å². The number of nitrogens with zero attached hydrogens (tertiary/aromatic N) is 2. The molecule has 1 heterocycles. The summed E-state index contributed by atoms with van der Waals surface area (Å²) in [7, 11) is 1.18. The molecule has 0 bridgehead atoms. The van der Waals surface area contributed by atoms with Gasteiger partial charge in [0.25, 0.3) is 10.2 Å². The molecule has 140 valence electrons. The van der Waals surface area contributed by atoms with Gasteiger partial charge < -0.3 is 10.1 Å². The van der Waals surface area contributed by atoms with Crippen LogP contribution in [0.2, 0.25) is 0 Å². The van der Waals surface area contributed by atoms with E-state index in [0.717, 1.165) is 17.7 Å². The number of hydrogen-bond acceptors (Lipinski definition) is 4. The van der Waals surface area contributed by atoms with E-state index in [1.54, 1.807) is 7.11 Å². The first-order valence-electron chi connectivity index (χ1n) is 8.43. The van der Waals surface area contributed by atoms with Gasteiger partial charge in [-0.15, -0.1) is 0 Å². The fourth-order valence-corrected chi connectivity index (χ4v) is 4.05. The summed E-state index contributed by atoms with van der Waals surface area (Å²) in [5.41, 5.74) is 1.11. The molecule has 0 saturated carbocycles. The van der Waals surface area contributed by atoms with E-state index in [4.69, 9.17) is 4.74 Å². The molecule has 0 aromatic heterocycles. The summed E-state index contributed by atoms with van der Waals surface area (Å²) in [6.45, 7) is 1.24. The summed E-state index contributed by atoms with van der Waals surface area (Å²) in [6, 6.07) is 7.72. The molecular weight excluding hydrogens is 342 g/mol. The van der Waals surface area contributed by atoms with E-state index in [2.05, 4.69) is 5.32 Å². The number of rotatable bonds is 7. The second kappa shape index (κ2) is 8.64. The zero-order valence-electron chi connectivity index (χ0n) is 15.1. The van der Waals surface area contributed by atoms with Crippen molar-refractivity contribution in [1.82, 2.24) is 13.9 Å². The number of ether oxygens (including phenoxy) is 1. The Morgan fingerprint density at radius 2 is 2.00 bits per heavy atom. The summed E-state index contributed by atoms with van der Waals surface area (Å²) in [6.07, 6.45) is 2.14. The van der Waals surface area contributed by atoms with Crippen molar-refractivity contribution in [2.45, 2.75) is 19.3 Å². The van der Waals surface area contributed by atoms with Crippen molar-refractivity contribution in [2.75, 3.05) is 40.8 Å². The molecule has 0 radical (unpaired) electrons. The van der Waals surface area contributed by atoms with Crippen molar-refractivity contribution in [1.29, 1.82) is 0 Å². The topological polar surface area (TPSA) is 79.0 Å². The van der Waals surface area contributed by atoms with Crippen molar-refractivity contribution in [3.8, 4) is 5.75 Å². The third-order valence-electron chi connectivity index (χ3n) is 4.41. The summed E-state index contributed by atoms with van der Waals surface area (Å²) < 4.78 is 32.1. The van der Waals surface area contributed by atoms with Gasteiger partial charge >= 0.3 is 0 Å². The largest absolute Gasteiger partial charge is 0.497 e. The first-order valence-corrected chi connectivity index (χ1v) is 9.82. The number of carbonyl (C=O) groups excluding carboxylic acids is 1. The molecule has 1 aliphatic heterocycles. The zero-order valence-corrected chi connectivity index (χ0v) is 15.9. The average Bonchev–Trinajstić information content (AvgIpc) is 2.62. The van der Waals surface area contributed by atoms with Crippen LogP contribution in [-0.4, -0.2) is 63.8 Å². The molecule has 1 saturated heterocycles. The Morgan fingerprint density at radius 1 is 1.32 bits per heavy atom. The van der Waals surface area contributed by atoms with Crippen LogP contribution in [0.1, 0.15) is 18.4 Å². The van der Waals surface area contributed by atoms with E-state index < -0.39 is 10.2 Å². The lowest BCUT2D eigenvalue weighted by atomic mass is 9.99. The molecule has 1 fully saturated rings. The molecule has 7 nitrogen and oxygen atoms in total. The van der Waals surface area contributed by atoms with E-state index in [1.165, 1.54) is 22.7 Å². The van der Waals surface area contributed by atoms with Crippen LogP contribution in [0.15, 0.2) is 24.3 Å². The van der Waals surface area contributed by atoms with E-state index in [9.17, 15) is 13.2 Å². The summed E-state index contributed by atoms with van der Waals surface area (Å²) >= 11 is 0. The second-order valence-corrected chi connectivity index (χ2v) is 8.52. The van der Waals surface area contributed by atoms with Gasteiger partial charge in [-0.2, -0.15) is 17.0 Å². The summed E-state index contributed by atoms with van der Waals surface area (Å²) in [5.74, 6) is 0.434. The number of methoxy groups -OCH3 is 1. The first-order chi connectivity index (χ1) is 11.8. The molecule has 1 aromatic carbocycles. The predicted octanol–water partition coefficient (Wildman–Crippen LogP) is 0.872. The molecule has 1 aliphatic rings. The monoisotopic (exact) mass is 369 g/mol. The van der Waals surface area contributed by atoms with Gasteiger partial charge in [0.1, 0.15) is 5.75 Å². The Balaban J connectivity index is 1.83. The van der Waals surface area contributed by atoms with Crippen molar-refractivity contribution in [2.24, 2.45) is 5.92 Å². The van der Waals surface area contributed by atoms with Gasteiger partial charge in [0.2, 0.25) is 5.91 Å². The minimum Gasteiger partial charge on any atom is -0.497 e. The Hall–Kier alpha value is -1.64. The van der Waals surface area contributed by atoms with Crippen molar-refractivity contribution in [3.05, 3.63) is 29.8 Å². The first kappa shape index (κ1) is 19.7. The molecule has 1 amide bonds. The maximum absolute atomic E-state index is 12.4. The Morgan fingerprint density at radius 3 is 2.60 bits per heavy atom. The van der Waals surface area contributed by atoms with Crippen LogP contribution in [-0.2, 0) is 21.4 Å². The molecule has 0 spiro atoms. The van der Waals surface area contributed by atoms with Crippen LogP contribution in [0.3, 0.4) is 0 Å². The van der Waals surface area contributed by atoms with Gasteiger partial charge in [0.05, 0.1) is 13.0 Å². The fourth-order valence-electron chi connectivity index (χ4n) is 2.86. The standard InChI is InChI=1S/C17H27N3O4S/c1-19(2)25(22,23)20-12-4-5-15(13-20)17(21)18-11-10-14-6-8-16(24-3)9-7-14/h6-9,15H,4-5,10-13H2,1-3H3,(H,18,21)/t15-/m1/s1. The van der Waals surface area contributed by atoms with Crippen LogP contribution >= 0.6 is 0 Å². The maximum atomic E-state index is 12.4. The number of amides is 1. The number of piperidine rings is 1. The number of nitrogens with one attached hydrogen (secondary N) is 1. The summed E-state index contributed by atoms with van der Waals surface area (Å²) in [4.78, 5) is 12.4. The van der Waals surface area contributed by atoms with Crippen LogP contribution < -0.4 is 10.1 Å². The predicted molar refractivity (Wildman–Crippen MR) is 96.6 cm³/mol. The Labute approximate surface area is 150 Å². The average molecular weight is 369 g/mol. The van der Waals surface area contributed by atoms with Crippen LogP contribution in [0.5, 0.6) is 5.75 Å². The lowest BCUT2D eigenvalue weighted by Gasteiger charge is -2.32. The van der Waals surface area contributed by atoms with E-state index in [0.29, 0.717) is 25.9 Å². The SMILES string of the molecule is COc1ccc(CCNC(=O)[C@@H]2CCCN(S(=O)(=O)N(C)C)C2)cc1. The highest BCUT2D eigenvalue weighted by Gasteiger charge is 2.33. The molecule has 0 unspecified atom stereocenters. The second-order valence-electron chi connectivity index (χ2n) is 6.38. The number of hydrogen-bond donors (Lipinski definition) is 1. The fraction of sp³-hybridized carbons (Fsp3) is 0.588. The molecular formula is C17H27N3O4S. The van der Waals surface area contributed by atoms with Gasteiger partial charge in [0, 0.05) is 33.7 Å². The quantitative estimate of drug-likeness (QED) is 0.774. The molecule has 1 atom stereocenters. The molecule has 1 aromatic rings. The van der Waals surface area contributed by atoms with Crippen molar-refractivity contribution in [3.63, 3.8) is 0 Å². The minimum atomic E-state index is -3.46. The van der Waals surface area contributed by atoms with Crippen LogP contribution in [0, 0.1) is 5.92 Å². The number of carbonyl (C=O) groups is 1. The van der Waals surface area contributed by atoms with Crippen molar-refractivity contribution >= 4 is 16.1 Å². The zero-order chi connectivity index (χ0) is 18.4. The molecule has 8 heteroatoms. The lowest BCUT2D eigenvalue weighted by molar-refractivity contribution is -0.126. The van der Waals surface area contributed by atoms with E-state index in [1.807, 2.05) is 24.3 Å². The van der Waals surface area contributed by atoms with Gasteiger partial charge in [-0.3, -0.25) is 4.79 Å². The smallest absolute Gasteiger partial charge is 0.281 e. The highest BCUT2D eigenvalue weighted by atomic mass is 32.2. The van der Waals surface area contributed by atoms with Crippen LogP contribution in [0.25, 0.3) is 0 Å². The molecule has 1 N–H and O–H groups in total. The van der Waals surface area contributed by atoms with Gasteiger partial charge in [0.15, 0.2) is 0 Å². The highest BCUT2D eigenvalue weighted by molar-refractivity contribution is 7.86. The van der Waals surface area contributed by atoms with Gasteiger partial charge in [-0.25, -0.2) is 0 Å². The van der Waals surface area contributed by atoms with Gasteiger partial charge in [-0.05, 0) is 37.0 Å². The highest BCUT2D eigenvalue weighted by Crippen LogP contribution is 2.20. The minimum absolute atomic E-state index is 0.0767. The molecule has 25 heavy (non-hydrogen) atoms. The Kier molecular flexibility index (Phi) is 6.80. The summed E-state index contributed by atoms with van der Waals surface area (Å²) in [5, 5.41) is 2.93. The van der Waals surface area contributed by atoms with E-state index in [-0.39, 0.29) is 18.4 Å². The Bertz CT molecular complexity index is 674. The normalized spacial score (nSPS) is 19.0. The van der Waals surface area contributed by atoms with E-state index >= 15 is 0 Å². The third kappa shape index (κ3) is 5.17. The van der Waals surface area contributed by atoms with Crippen molar-refractivity contribution < 1.29 is 17.9 Å². The molecule has 0 aliphatic carbocycles. The van der Waals surface area contributed by atoms with Crippen LogP contribution in [0.4, 0.5) is 0 Å². The lowest BCUT2D eigenvalue weighted by Crippen LogP contribution is -2.49.